The molecule has 2 rings (SSSR count). The molecule has 2 aromatic heterocycles. The van der Waals surface area contributed by atoms with Crippen LogP contribution in [0.15, 0.2) is 24.8 Å². The van der Waals surface area contributed by atoms with Gasteiger partial charge in [-0.3, -0.25) is 4.98 Å². The molecule has 0 spiro atoms. The first-order chi connectivity index (χ1) is 7.33. The van der Waals surface area contributed by atoms with E-state index in [1.165, 1.54) is 6.20 Å². The van der Waals surface area contributed by atoms with Crippen molar-refractivity contribution < 1.29 is 9.84 Å². The summed E-state index contributed by atoms with van der Waals surface area (Å²) in [6.45, 7) is 0.386. The maximum Gasteiger partial charge on any atom is 0.145 e. The minimum absolute atomic E-state index is 0.0968. The molecule has 0 aliphatic carbocycles. The quantitative estimate of drug-likeness (QED) is 0.792. The van der Waals surface area contributed by atoms with Crippen molar-refractivity contribution in [1.29, 1.82) is 0 Å². The molecule has 2 aromatic rings. The van der Waals surface area contributed by atoms with Crippen LogP contribution in [-0.2, 0) is 11.3 Å². The van der Waals surface area contributed by atoms with E-state index in [4.69, 9.17) is 4.74 Å². The first-order valence-electron chi connectivity index (χ1n) is 4.47. The van der Waals surface area contributed by atoms with E-state index in [0.29, 0.717) is 18.0 Å². The minimum atomic E-state index is 0.0968. The molecular formula is C10H11N3O2. The Labute approximate surface area is 86.8 Å². The lowest BCUT2D eigenvalue weighted by atomic mass is 10.1. The Hall–Kier alpha value is -1.88. The molecule has 0 unspecified atom stereocenters. The maximum atomic E-state index is 9.71. The van der Waals surface area contributed by atoms with Gasteiger partial charge >= 0.3 is 0 Å². The molecule has 0 saturated heterocycles. The van der Waals surface area contributed by atoms with Crippen LogP contribution in [0.25, 0.3) is 11.4 Å². The number of nitrogens with zero attached hydrogens (tertiary/aromatic N) is 2. The van der Waals surface area contributed by atoms with Gasteiger partial charge < -0.3 is 14.8 Å². The highest BCUT2D eigenvalue weighted by atomic mass is 16.5. The van der Waals surface area contributed by atoms with Crippen LogP contribution in [-0.4, -0.2) is 27.2 Å². The van der Waals surface area contributed by atoms with Gasteiger partial charge in [0, 0.05) is 31.3 Å². The summed E-state index contributed by atoms with van der Waals surface area (Å²) < 4.78 is 5.03. The molecule has 0 saturated carbocycles. The second-order valence-electron chi connectivity index (χ2n) is 3.06. The molecule has 5 heteroatoms. The number of aromatic hydroxyl groups is 1. The second-order valence-corrected chi connectivity index (χ2v) is 3.06. The first kappa shape index (κ1) is 9.67. The van der Waals surface area contributed by atoms with Crippen LogP contribution in [0.4, 0.5) is 0 Å². The van der Waals surface area contributed by atoms with E-state index in [-0.39, 0.29) is 5.75 Å². The number of rotatable bonds is 3. The summed E-state index contributed by atoms with van der Waals surface area (Å²) in [5.74, 6) is 0.710. The number of pyridine rings is 1. The number of nitrogens with one attached hydrogen (secondary N) is 1. The zero-order valence-electron chi connectivity index (χ0n) is 8.27. The van der Waals surface area contributed by atoms with Crippen LogP contribution < -0.4 is 0 Å². The molecule has 0 aromatic carbocycles. The molecule has 0 atom stereocenters. The van der Waals surface area contributed by atoms with Gasteiger partial charge in [0.1, 0.15) is 11.6 Å². The van der Waals surface area contributed by atoms with Gasteiger partial charge in [0.15, 0.2) is 0 Å². The Balaban J connectivity index is 2.52. The van der Waals surface area contributed by atoms with Crippen LogP contribution in [0.2, 0.25) is 0 Å². The Morgan fingerprint density at radius 2 is 2.33 bits per heavy atom. The molecule has 0 amide bonds. The van der Waals surface area contributed by atoms with Gasteiger partial charge in [-0.1, -0.05) is 0 Å². The van der Waals surface area contributed by atoms with E-state index in [9.17, 15) is 5.11 Å². The SMILES string of the molecule is COCc1cncc(O)c1-c1ncc[nH]1. The number of aromatic nitrogens is 3. The highest BCUT2D eigenvalue weighted by molar-refractivity contribution is 5.66. The van der Waals surface area contributed by atoms with Crippen molar-refractivity contribution in [2.75, 3.05) is 7.11 Å². The highest BCUT2D eigenvalue weighted by Gasteiger charge is 2.12. The van der Waals surface area contributed by atoms with Crippen LogP contribution >= 0.6 is 0 Å². The summed E-state index contributed by atoms with van der Waals surface area (Å²) in [7, 11) is 1.59. The molecule has 15 heavy (non-hydrogen) atoms. The fraction of sp³-hybridized carbons (Fsp3) is 0.200. The van der Waals surface area contributed by atoms with Gasteiger partial charge in [0.05, 0.1) is 18.4 Å². The zero-order valence-corrected chi connectivity index (χ0v) is 8.27. The Bertz CT molecular complexity index is 440. The van der Waals surface area contributed by atoms with Gasteiger partial charge in [-0.2, -0.15) is 0 Å². The molecule has 0 fully saturated rings. The van der Waals surface area contributed by atoms with Gasteiger partial charge in [0.25, 0.3) is 0 Å². The lowest BCUT2D eigenvalue weighted by Crippen LogP contribution is -1.95. The van der Waals surface area contributed by atoms with Gasteiger partial charge in [-0.15, -0.1) is 0 Å². The third kappa shape index (κ3) is 1.82. The monoisotopic (exact) mass is 205 g/mol. The van der Waals surface area contributed by atoms with Crippen molar-refractivity contribution in [1.82, 2.24) is 15.0 Å². The predicted molar refractivity (Wildman–Crippen MR) is 54.2 cm³/mol. The Kier molecular flexibility index (Phi) is 2.64. The molecule has 2 N–H and O–H groups in total. The van der Waals surface area contributed by atoms with Gasteiger partial charge in [-0.25, -0.2) is 4.98 Å². The molecule has 0 aliphatic rings. The number of H-pyrrole nitrogens is 1. The zero-order chi connectivity index (χ0) is 10.7. The topological polar surface area (TPSA) is 71.0 Å². The largest absolute Gasteiger partial charge is 0.506 e. The van der Waals surface area contributed by atoms with Gasteiger partial charge in [0.2, 0.25) is 0 Å². The van der Waals surface area contributed by atoms with Crippen LogP contribution in [0.5, 0.6) is 5.75 Å². The second kappa shape index (κ2) is 4.10. The normalized spacial score (nSPS) is 10.5. The van der Waals surface area contributed by atoms with E-state index in [1.807, 2.05) is 0 Å². The molecule has 5 nitrogen and oxygen atoms in total. The molecule has 0 aliphatic heterocycles. The number of imidazole rings is 1. The minimum Gasteiger partial charge on any atom is -0.506 e. The standard InChI is InChI=1S/C10H11N3O2/c1-15-6-7-4-11-5-8(14)9(7)10-12-2-3-13-10/h2-5,14H,6H2,1H3,(H,12,13). The van der Waals surface area contributed by atoms with Crippen molar-refractivity contribution in [3.8, 4) is 17.1 Å². The summed E-state index contributed by atoms with van der Waals surface area (Å²) >= 11 is 0. The summed E-state index contributed by atoms with van der Waals surface area (Å²) in [5.41, 5.74) is 1.43. The summed E-state index contributed by atoms with van der Waals surface area (Å²) in [4.78, 5) is 10.9. The van der Waals surface area contributed by atoms with E-state index < -0.39 is 0 Å². The molecule has 78 valence electrons. The summed E-state index contributed by atoms with van der Waals surface area (Å²) in [6, 6.07) is 0. The predicted octanol–water partition coefficient (Wildman–Crippen LogP) is 1.32. The third-order valence-electron chi connectivity index (χ3n) is 2.04. The fourth-order valence-corrected chi connectivity index (χ4v) is 1.43. The molecule has 2 heterocycles. The molecule has 0 bridgehead atoms. The highest BCUT2D eigenvalue weighted by Crippen LogP contribution is 2.29. The van der Waals surface area contributed by atoms with Gasteiger partial charge in [-0.05, 0) is 0 Å². The average Bonchev–Trinajstić information content (AvgIpc) is 2.71. The van der Waals surface area contributed by atoms with E-state index in [0.717, 1.165) is 5.56 Å². The van der Waals surface area contributed by atoms with E-state index >= 15 is 0 Å². The fourth-order valence-electron chi connectivity index (χ4n) is 1.43. The van der Waals surface area contributed by atoms with Crippen molar-refractivity contribution >= 4 is 0 Å². The Morgan fingerprint density at radius 1 is 1.47 bits per heavy atom. The van der Waals surface area contributed by atoms with Crippen molar-refractivity contribution in [3.63, 3.8) is 0 Å². The number of hydrogen-bond acceptors (Lipinski definition) is 4. The van der Waals surface area contributed by atoms with Crippen molar-refractivity contribution in [2.45, 2.75) is 6.61 Å². The maximum absolute atomic E-state index is 9.71. The first-order valence-corrected chi connectivity index (χ1v) is 4.47. The van der Waals surface area contributed by atoms with E-state index in [1.54, 1.807) is 25.7 Å². The van der Waals surface area contributed by atoms with Crippen molar-refractivity contribution in [2.24, 2.45) is 0 Å². The lowest BCUT2D eigenvalue weighted by Gasteiger charge is -2.07. The lowest BCUT2D eigenvalue weighted by molar-refractivity contribution is 0.184. The summed E-state index contributed by atoms with van der Waals surface area (Å²) in [6.07, 6.45) is 6.37. The number of aromatic amines is 1. The van der Waals surface area contributed by atoms with E-state index in [2.05, 4.69) is 15.0 Å². The number of methoxy groups -OCH3 is 1. The molecule has 0 radical (unpaired) electrons. The molecular weight excluding hydrogens is 194 g/mol. The number of ether oxygens (including phenoxy) is 1. The van der Waals surface area contributed by atoms with Crippen LogP contribution in [0.1, 0.15) is 5.56 Å². The van der Waals surface area contributed by atoms with Crippen molar-refractivity contribution in [3.05, 3.63) is 30.4 Å². The Morgan fingerprint density at radius 3 is 3.00 bits per heavy atom. The van der Waals surface area contributed by atoms with Crippen LogP contribution in [0.3, 0.4) is 0 Å². The third-order valence-corrected chi connectivity index (χ3v) is 2.04. The smallest absolute Gasteiger partial charge is 0.145 e. The van der Waals surface area contributed by atoms with Crippen LogP contribution in [0, 0.1) is 0 Å². The summed E-state index contributed by atoms with van der Waals surface area (Å²) in [5, 5.41) is 9.71. The average molecular weight is 205 g/mol. The number of hydrogen-bond donors (Lipinski definition) is 2.